The van der Waals surface area contributed by atoms with E-state index in [-0.39, 0.29) is 6.04 Å². The van der Waals surface area contributed by atoms with Gasteiger partial charge in [-0.2, -0.15) is 4.98 Å². The third kappa shape index (κ3) is 3.40. The van der Waals surface area contributed by atoms with Crippen molar-refractivity contribution in [2.75, 3.05) is 6.54 Å². The summed E-state index contributed by atoms with van der Waals surface area (Å²) in [5, 5.41) is 10.4. The highest BCUT2D eigenvalue weighted by Crippen LogP contribution is 2.37. The van der Waals surface area contributed by atoms with Gasteiger partial charge in [-0.1, -0.05) is 48.5 Å². The molecule has 1 N–H and O–H groups in total. The average molecular weight is 397 g/mol. The Kier molecular flexibility index (Phi) is 5.05. The van der Waals surface area contributed by atoms with Gasteiger partial charge in [-0.3, -0.25) is 0 Å². The van der Waals surface area contributed by atoms with E-state index in [1.165, 1.54) is 0 Å². The number of hydrogen-bond donors (Lipinski definition) is 1. The predicted octanol–water partition coefficient (Wildman–Crippen LogP) is 4.87. The lowest BCUT2D eigenvalue weighted by Crippen LogP contribution is -2.46. The minimum absolute atomic E-state index is 0.122. The van der Waals surface area contributed by atoms with Gasteiger partial charge >= 0.3 is 0 Å². The molecule has 0 radical (unpaired) electrons. The van der Waals surface area contributed by atoms with E-state index in [1.807, 2.05) is 35.7 Å². The van der Waals surface area contributed by atoms with Gasteiger partial charge in [0.25, 0.3) is 5.89 Å². The van der Waals surface area contributed by atoms with Crippen molar-refractivity contribution in [1.82, 2.24) is 20.4 Å². The molecule has 3 aromatic rings. The Morgan fingerprint density at radius 2 is 2.04 bits per heavy atom. The van der Waals surface area contributed by atoms with Crippen LogP contribution in [0.15, 0.2) is 58.1 Å². The second-order valence-electron chi connectivity index (χ2n) is 6.34. The molecule has 1 unspecified atom stereocenters. The standard InChI is InChI=1S/C20H20N4OS2/c1-3-11-24-13(2)16(17(21-20(24)26)14-8-5-4-6-9-14)19-22-18(23-25-19)15-10-7-12-27-15/h4-10,12,17H,3,11H2,1-2H3,(H,21,26). The largest absolute Gasteiger partial charge is 0.351 e. The van der Waals surface area contributed by atoms with Gasteiger partial charge in [-0.05, 0) is 42.6 Å². The molecule has 2 aromatic heterocycles. The van der Waals surface area contributed by atoms with E-state index >= 15 is 0 Å². The Bertz CT molecular complexity index is 963. The molecule has 1 aliphatic heterocycles. The van der Waals surface area contributed by atoms with E-state index < -0.39 is 0 Å². The molecule has 0 amide bonds. The summed E-state index contributed by atoms with van der Waals surface area (Å²) in [5.41, 5.74) is 3.13. The lowest BCUT2D eigenvalue weighted by Gasteiger charge is -2.37. The number of aromatic nitrogens is 2. The van der Waals surface area contributed by atoms with Crippen molar-refractivity contribution in [3.05, 3.63) is 65.0 Å². The smallest absolute Gasteiger partial charge is 0.258 e. The number of thiocarbonyl (C=S) groups is 1. The summed E-state index contributed by atoms with van der Waals surface area (Å²) in [4.78, 5) is 7.79. The lowest BCUT2D eigenvalue weighted by atomic mass is 9.95. The Balaban J connectivity index is 1.82. The van der Waals surface area contributed by atoms with Gasteiger partial charge in [0.05, 0.1) is 16.5 Å². The van der Waals surface area contributed by atoms with E-state index in [0.29, 0.717) is 11.7 Å². The van der Waals surface area contributed by atoms with Crippen molar-refractivity contribution < 1.29 is 4.52 Å². The highest BCUT2D eigenvalue weighted by atomic mass is 32.1. The van der Waals surface area contributed by atoms with Crippen molar-refractivity contribution >= 4 is 34.2 Å². The summed E-state index contributed by atoms with van der Waals surface area (Å²) >= 11 is 7.23. The summed E-state index contributed by atoms with van der Waals surface area (Å²) in [7, 11) is 0. The molecule has 0 spiro atoms. The first kappa shape index (κ1) is 17.9. The minimum atomic E-state index is -0.122. The fraction of sp³-hybridized carbons (Fsp3) is 0.250. The zero-order valence-electron chi connectivity index (χ0n) is 15.2. The van der Waals surface area contributed by atoms with E-state index in [2.05, 4.69) is 46.3 Å². The van der Waals surface area contributed by atoms with Crippen LogP contribution < -0.4 is 5.32 Å². The first-order valence-electron chi connectivity index (χ1n) is 8.90. The van der Waals surface area contributed by atoms with Crippen LogP contribution in [0.1, 0.15) is 37.8 Å². The predicted molar refractivity (Wildman–Crippen MR) is 112 cm³/mol. The maximum absolute atomic E-state index is 5.69. The van der Waals surface area contributed by atoms with Crippen LogP contribution in [-0.2, 0) is 0 Å². The summed E-state index contributed by atoms with van der Waals surface area (Å²) in [6.07, 6.45) is 0.993. The minimum Gasteiger partial charge on any atom is -0.351 e. The van der Waals surface area contributed by atoms with Crippen LogP contribution in [0.5, 0.6) is 0 Å². The van der Waals surface area contributed by atoms with Crippen LogP contribution in [0.3, 0.4) is 0 Å². The highest BCUT2D eigenvalue weighted by Gasteiger charge is 2.33. The monoisotopic (exact) mass is 396 g/mol. The van der Waals surface area contributed by atoms with Crippen LogP contribution in [0.2, 0.25) is 0 Å². The van der Waals surface area contributed by atoms with Crippen molar-refractivity contribution in [1.29, 1.82) is 0 Å². The summed E-state index contributed by atoms with van der Waals surface area (Å²) in [6.45, 7) is 5.05. The molecule has 1 atom stereocenters. The third-order valence-electron chi connectivity index (χ3n) is 4.57. The van der Waals surface area contributed by atoms with Gasteiger partial charge in [0.1, 0.15) is 0 Å². The topological polar surface area (TPSA) is 54.2 Å². The second-order valence-corrected chi connectivity index (χ2v) is 7.68. The third-order valence-corrected chi connectivity index (χ3v) is 5.78. The van der Waals surface area contributed by atoms with Gasteiger partial charge < -0.3 is 14.7 Å². The lowest BCUT2D eigenvalue weighted by molar-refractivity contribution is 0.396. The van der Waals surface area contributed by atoms with E-state index in [1.54, 1.807) is 11.3 Å². The average Bonchev–Trinajstić information content (AvgIpc) is 3.37. The number of allylic oxidation sites excluding steroid dienone is 1. The van der Waals surface area contributed by atoms with Crippen LogP contribution >= 0.6 is 23.6 Å². The van der Waals surface area contributed by atoms with Crippen LogP contribution in [0, 0.1) is 0 Å². The van der Waals surface area contributed by atoms with E-state index in [9.17, 15) is 0 Å². The molecule has 0 saturated heterocycles. The SMILES string of the molecule is CCCN1C(=S)NC(c2ccccc2)C(c2nc(-c3cccs3)no2)=C1C. The molecule has 0 saturated carbocycles. The zero-order valence-corrected chi connectivity index (χ0v) is 16.8. The molecular weight excluding hydrogens is 376 g/mol. The molecule has 5 nitrogen and oxygen atoms in total. The second kappa shape index (κ2) is 7.62. The summed E-state index contributed by atoms with van der Waals surface area (Å²) in [6, 6.07) is 14.1. The molecule has 0 aliphatic carbocycles. The molecule has 3 heterocycles. The number of benzene rings is 1. The molecule has 1 aliphatic rings. The van der Waals surface area contributed by atoms with Crippen LogP contribution in [0.4, 0.5) is 0 Å². The van der Waals surface area contributed by atoms with Crippen molar-refractivity contribution in [3.63, 3.8) is 0 Å². The van der Waals surface area contributed by atoms with Gasteiger partial charge in [0.2, 0.25) is 5.82 Å². The molecule has 7 heteroatoms. The summed E-state index contributed by atoms with van der Waals surface area (Å²) in [5.74, 6) is 1.14. The van der Waals surface area contributed by atoms with E-state index in [4.69, 9.17) is 16.7 Å². The molecule has 27 heavy (non-hydrogen) atoms. The Morgan fingerprint density at radius 3 is 2.74 bits per heavy atom. The van der Waals surface area contributed by atoms with Gasteiger partial charge in [0, 0.05) is 12.2 Å². The van der Waals surface area contributed by atoms with Crippen molar-refractivity contribution in [3.8, 4) is 10.7 Å². The maximum atomic E-state index is 5.69. The Labute approximate surface area is 167 Å². The number of nitrogens with zero attached hydrogens (tertiary/aromatic N) is 3. The van der Waals surface area contributed by atoms with Crippen LogP contribution in [0.25, 0.3) is 16.3 Å². The highest BCUT2D eigenvalue weighted by molar-refractivity contribution is 7.80. The number of nitrogens with one attached hydrogen (secondary N) is 1. The number of hydrogen-bond acceptors (Lipinski definition) is 5. The molecular formula is C20H20N4OS2. The fourth-order valence-corrected chi connectivity index (χ4v) is 4.28. The maximum Gasteiger partial charge on any atom is 0.258 e. The van der Waals surface area contributed by atoms with Gasteiger partial charge in [-0.25, -0.2) is 0 Å². The molecule has 0 bridgehead atoms. The van der Waals surface area contributed by atoms with Crippen molar-refractivity contribution in [2.24, 2.45) is 0 Å². The first-order valence-corrected chi connectivity index (χ1v) is 10.2. The normalized spacial score (nSPS) is 17.3. The number of thiophene rings is 1. The Morgan fingerprint density at radius 1 is 1.22 bits per heavy atom. The molecule has 138 valence electrons. The van der Waals surface area contributed by atoms with E-state index in [0.717, 1.165) is 39.8 Å². The quantitative estimate of drug-likeness (QED) is 0.621. The van der Waals surface area contributed by atoms with Gasteiger partial charge in [-0.15, -0.1) is 11.3 Å². The zero-order chi connectivity index (χ0) is 18.8. The summed E-state index contributed by atoms with van der Waals surface area (Å²) < 4.78 is 5.69. The fourth-order valence-electron chi connectivity index (χ4n) is 3.29. The van der Waals surface area contributed by atoms with Gasteiger partial charge in [0.15, 0.2) is 5.11 Å². The van der Waals surface area contributed by atoms with Crippen LogP contribution in [-0.4, -0.2) is 26.7 Å². The Hall–Kier alpha value is -2.51. The van der Waals surface area contributed by atoms with Crippen molar-refractivity contribution in [2.45, 2.75) is 26.3 Å². The molecule has 1 aromatic carbocycles. The first-order chi connectivity index (χ1) is 13.2. The molecule has 4 rings (SSSR count). The molecule has 0 fully saturated rings. The number of rotatable bonds is 5.